The maximum absolute atomic E-state index is 11.6. The zero-order valence-electron chi connectivity index (χ0n) is 16.3. The molecule has 3 heterocycles. The predicted molar refractivity (Wildman–Crippen MR) is 111 cm³/mol. The van der Waals surface area contributed by atoms with Crippen LogP contribution in [0.4, 0.5) is 5.82 Å². The zero-order valence-corrected chi connectivity index (χ0v) is 16.3. The van der Waals surface area contributed by atoms with Gasteiger partial charge in [-0.05, 0) is 49.2 Å². The fourth-order valence-corrected chi connectivity index (χ4v) is 3.19. The molecule has 0 unspecified atom stereocenters. The van der Waals surface area contributed by atoms with Gasteiger partial charge in [0.05, 0.1) is 18.1 Å². The van der Waals surface area contributed by atoms with Crippen molar-refractivity contribution in [3.8, 4) is 22.9 Å². The lowest BCUT2D eigenvalue weighted by Crippen LogP contribution is -2.30. The maximum Gasteiger partial charge on any atom is 0.239 e. The van der Waals surface area contributed by atoms with Crippen LogP contribution in [0, 0.1) is 6.92 Å². The Labute approximate surface area is 169 Å². The number of hydrogen-bond donors (Lipinski definition) is 1. The lowest BCUT2D eigenvalue weighted by Gasteiger charge is -2.15. The summed E-state index contributed by atoms with van der Waals surface area (Å²) in [4.78, 5) is 26.6. The molecule has 0 atom stereocenters. The Morgan fingerprint density at radius 2 is 1.97 bits per heavy atom. The number of pyridine rings is 1. The van der Waals surface area contributed by atoms with Gasteiger partial charge < -0.3 is 15.0 Å². The maximum atomic E-state index is 11.6. The normalized spacial score (nSPS) is 13.6. The van der Waals surface area contributed by atoms with Gasteiger partial charge in [0, 0.05) is 37.8 Å². The number of likely N-dealkylation sites (tertiary alicyclic amines) is 1. The lowest BCUT2D eigenvalue weighted by molar-refractivity contribution is -0.127. The molecule has 2 aromatic heterocycles. The molecular formula is C22H23N5O2. The second kappa shape index (κ2) is 8.68. The van der Waals surface area contributed by atoms with Crippen LogP contribution in [-0.2, 0) is 4.79 Å². The van der Waals surface area contributed by atoms with Crippen molar-refractivity contribution in [2.24, 2.45) is 0 Å². The van der Waals surface area contributed by atoms with Gasteiger partial charge in [0.25, 0.3) is 0 Å². The molecule has 3 aromatic rings. The summed E-state index contributed by atoms with van der Waals surface area (Å²) in [5.41, 5.74) is 3.08. The molecule has 148 valence electrons. The minimum absolute atomic E-state index is 0.222. The molecule has 1 saturated heterocycles. The summed E-state index contributed by atoms with van der Waals surface area (Å²) in [6.07, 6.45) is 6.67. The van der Waals surface area contributed by atoms with Crippen LogP contribution in [0.2, 0.25) is 0 Å². The lowest BCUT2D eigenvalue weighted by atomic mass is 10.1. The highest BCUT2D eigenvalue weighted by Gasteiger charge is 2.19. The van der Waals surface area contributed by atoms with Crippen LogP contribution in [0.25, 0.3) is 11.3 Å². The molecule has 0 aliphatic carbocycles. The number of benzene rings is 1. The molecule has 4 rings (SSSR count). The van der Waals surface area contributed by atoms with Crippen molar-refractivity contribution in [1.29, 1.82) is 0 Å². The van der Waals surface area contributed by atoms with Gasteiger partial charge in [0.2, 0.25) is 11.8 Å². The Morgan fingerprint density at radius 3 is 2.69 bits per heavy atom. The summed E-state index contributed by atoms with van der Waals surface area (Å²) in [5.74, 6) is 1.93. The number of nitrogens with zero attached hydrogens (tertiary/aromatic N) is 4. The van der Waals surface area contributed by atoms with Crippen LogP contribution in [0.15, 0.2) is 55.0 Å². The molecule has 1 aromatic carbocycles. The minimum Gasteiger partial charge on any atom is -0.437 e. The fourth-order valence-electron chi connectivity index (χ4n) is 3.19. The summed E-state index contributed by atoms with van der Waals surface area (Å²) in [6.45, 7) is 4.15. The molecule has 0 radical (unpaired) electrons. The van der Waals surface area contributed by atoms with Crippen LogP contribution in [-0.4, -0.2) is 45.4 Å². The molecule has 29 heavy (non-hydrogen) atoms. The first-order valence-electron chi connectivity index (χ1n) is 9.72. The molecule has 0 saturated carbocycles. The number of anilines is 1. The van der Waals surface area contributed by atoms with Crippen LogP contribution in [0.5, 0.6) is 11.6 Å². The molecule has 0 spiro atoms. The molecule has 7 heteroatoms. The van der Waals surface area contributed by atoms with Crippen LogP contribution >= 0.6 is 0 Å². The second-order valence-corrected chi connectivity index (χ2v) is 7.00. The van der Waals surface area contributed by atoms with E-state index in [-0.39, 0.29) is 5.91 Å². The molecule has 1 aliphatic rings. The number of amides is 1. The average Bonchev–Trinajstić information content (AvgIpc) is 3.14. The Kier molecular flexibility index (Phi) is 5.65. The topological polar surface area (TPSA) is 80.2 Å². The van der Waals surface area contributed by atoms with E-state index in [4.69, 9.17) is 4.74 Å². The number of rotatable bonds is 7. The van der Waals surface area contributed by atoms with Crippen molar-refractivity contribution in [2.75, 3.05) is 25.0 Å². The number of hydrogen-bond acceptors (Lipinski definition) is 6. The third-order valence-electron chi connectivity index (χ3n) is 4.76. The Hall–Kier alpha value is -3.48. The van der Waals surface area contributed by atoms with E-state index in [1.54, 1.807) is 12.4 Å². The standard InChI is InChI=1S/C22H23N5O2/c1-16-4-9-19(25-13-16)17-5-7-18(8-6-17)29-21-15-23-14-20(26-21)24-10-12-27-11-2-3-22(27)28/h4-9,13-15H,2-3,10-12H2,1H3,(H,24,26). The van der Waals surface area contributed by atoms with E-state index in [1.807, 2.05) is 54.4 Å². The van der Waals surface area contributed by atoms with Crippen molar-refractivity contribution in [3.05, 3.63) is 60.6 Å². The third kappa shape index (κ3) is 4.87. The highest BCUT2D eigenvalue weighted by atomic mass is 16.5. The largest absolute Gasteiger partial charge is 0.437 e. The summed E-state index contributed by atoms with van der Waals surface area (Å²) in [5, 5.41) is 3.20. The monoisotopic (exact) mass is 389 g/mol. The number of nitrogens with one attached hydrogen (secondary N) is 1. The molecule has 1 fully saturated rings. The van der Waals surface area contributed by atoms with Gasteiger partial charge >= 0.3 is 0 Å². The van der Waals surface area contributed by atoms with Crippen molar-refractivity contribution in [3.63, 3.8) is 0 Å². The molecule has 1 amide bonds. The number of ether oxygens (including phenoxy) is 1. The van der Waals surface area contributed by atoms with E-state index in [2.05, 4.69) is 20.3 Å². The van der Waals surface area contributed by atoms with Crippen molar-refractivity contribution >= 4 is 11.7 Å². The van der Waals surface area contributed by atoms with Gasteiger partial charge in [-0.25, -0.2) is 0 Å². The van der Waals surface area contributed by atoms with E-state index >= 15 is 0 Å². The van der Waals surface area contributed by atoms with Crippen LogP contribution in [0.3, 0.4) is 0 Å². The first kappa shape index (κ1) is 18.9. The summed E-state index contributed by atoms with van der Waals surface area (Å²) < 4.78 is 5.83. The minimum atomic E-state index is 0.222. The van der Waals surface area contributed by atoms with Gasteiger partial charge in [-0.2, -0.15) is 4.98 Å². The third-order valence-corrected chi connectivity index (χ3v) is 4.76. The molecule has 7 nitrogen and oxygen atoms in total. The first-order chi connectivity index (χ1) is 14.2. The Morgan fingerprint density at radius 1 is 1.10 bits per heavy atom. The quantitative estimate of drug-likeness (QED) is 0.664. The van der Waals surface area contributed by atoms with E-state index in [0.717, 1.165) is 29.8 Å². The van der Waals surface area contributed by atoms with Crippen LogP contribution in [0.1, 0.15) is 18.4 Å². The van der Waals surface area contributed by atoms with Gasteiger partial charge in [-0.3, -0.25) is 14.8 Å². The van der Waals surface area contributed by atoms with E-state index < -0.39 is 0 Å². The zero-order chi connectivity index (χ0) is 20.1. The fraction of sp³-hybridized carbons (Fsp3) is 0.273. The number of carbonyl (C=O) groups excluding carboxylic acids is 1. The van der Waals surface area contributed by atoms with Gasteiger partial charge in [-0.1, -0.05) is 6.07 Å². The van der Waals surface area contributed by atoms with Crippen molar-refractivity contribution in [2.45, 2.75) is 19.8 Å². The first-order valence-corrected chi connectivity index (χ1v) is 9.72. The van der Waals surface area contributed by atoms with Gasteiger partial charge in [-0.15, -0.1) is 0 Å². The number of aromatic nitrogens is 3. The van der Waals surface area contributed by atoms with E-state index in [9.17, 15) is 4.79 Å². The molecule has 1 aliphatic heterocycles. The Bertz CT molecular complexity index is 973. The molecule has 1 N–H and O–H groups in total. The number of carbonyl (C=O) groups is 1. The second-order valence-electron chi connectivity index (χ2n) is 7.00. The van der Waals surface area contributed by atoms with E-state index in [0.29, 0.717) is 37.0 Å². The number of aryl methyl sites for hydroxylation is 1. The Balaban J connectivity index is 1.35. The molecular weight excluding hydrogens is 366 g/mol. The summed E-state index contributed by atoms with van der Waals surface area (Å²) in [7, 11) is 0. The predicted octanol–water partition coefficient (Wildman–Crippen LogP) is 3.67. The average molecular weight is 389 g/mol. The highest BCUT2D eigenvalue weighted by molar-refractivity contribution is 5.78. The highest BCUT2D eigenvalue weighted by Crippen LogP contribution is 2.24. The van der Waals surface area contributed by atoms with Gasteiger partial charge in [0.1, 0.15) is 11.6 Å². The van der Waals surface area contributed by atoms with Gasteiger partial charge in [0.15, 0.2) is 0 Å². The van der Waals surface area contributed by atoms with Crippen molar-refractivity contribution < 1.29 is 9.53 Å². The smallest absolute Gasteiger partial charge is 0.239 e. The SMILES string of the molecule is Cc1ccc(-c2ccc(Oc3cncc(NCCN4CCCC4=O)n3)cc2)nc1. The summed E-state index contributed by atoms with van der Waals surface area (Å²) >= 11 is 0. The molecule has 0 bridgehead atoms. The van der Waals surface area contributed by atoms with Crippen LogP contribution < -0.4 is 10.1 Å². The van der Waals surface area contributed by atoms with E-state index in [1.165, 1.54) is 0 Å². The summed E-state index contributed by atoms with van der Waals surface area (Å²) in [6, 6.07) is 11.8. The van der Waals surface area contributed by atoms with Crippen molar-refractivity contribution in [1.82, 2.24) is 19.9 Å².